The van der Waals surface area contributed by atoms with Gasteiger partial charge in [-0.25, -0.2) is 0 Å². The highest BCUT2D eigenvalue weighted by Crippen LogP contribution is 2.37. The van der Waals surface area contributed by atoms with Crippen LogP contribution >= 0.6 is 0 Å². The van der Waals surface area contributed by atoms with Crippen molar-refractivity contribution in [2.75, 3.05) is 0 Å². The van der Waals surface area contributed by atoms with Crippen molar-refractivity contribution in [3.8, 4) is 0 Å². The second-order valence-corrected chi connectivity index (χ2v) is 5.19. The second kappa shape index (κ2) is 3.89. The minimum Gasteiger partial charge on any atom is -0.258 e. The Balaban J connectivity index is 2.53. The molecular formula is C13H17NO2. The molecule has 3 heteroatoms. The van der Waals surface area contributed by atoms with E-state index in [2.05, 4.69) is 13.8 Å². The fourth-order valence-electron chi connectivity index (χ4n) is 2.54. The van der Waals surface area contributed by atoms with Gasteiger partial charge in [0.25, 0.3) is 5.69 Å². The van der Waals surface area contributed by atoms with Crippen LogP contribution in [0.4, 0.5) is 5.69 Å². The van der Waals surface area contributed by atoms with Crippen molar-refractivity contribution in [3.05, 3.63) is 39.4 Å². The highest BCUT2D eigenvalue weighted by Gasteiger charge is 2.27. The molecule has 16 heavy (non-hydrogen) atoms. The molecule has 0 N–H and O–H groups in total. The Morgan fingerprint density at radius 3 is 2.75 bits per heavy atom. The monoisotopic (exact) mass is 219 g/mol. The molecule has 0 bridgehead atoms. The highest BCUT2D eigenvalue weighted by atomic mass is 16.6. The predicted octanol–water partition coefficient (Wildman–Crippen LogP) is 3.60. The Labute approximate surface area is 95.6 Å². The van der Waals surface area contributed by atoms with Crippen LogP contribution < -0.4 is 0 Å². The number of nitro groups is 1. The van der Waals surface area contributed by atoms with Gasteiger partial charge in [0.2, 0.25) is 0 Å². The van der Waals surface area contributed by atoms with Gasteiger partial charge in [0.1, 0.15) is 0 Å². The molecule has 0 unspecified atom stereocenters. The van der Waals surface area contributed by atoms with Crippen LogP contribution in [0.1, 0.15) is 44.2 Å². The van der Waals surface area contributed by atoms with Crippen molar-refractivity contribution in [2.45, 2.75) is 44.9 Å². The summed E-state index contributed by atoms with van der Waals surface area (Å²) in [6.45, 7) is 4.36. The fraction of sp³-hybridized carbons (Fsp3) is 0.538. The normalized spacial score (nSPS) is 18.6. The van der Waals surface area contributed by atoms with Gasteiger partial charge in [-0.1, -0.05) is 26.3 Å². The first kappa shape index (κ1) is 11.1. The van der Waals surface area contributed by atoms with Gasteiger partial charge in [0, 0.05) is 12.1 Å². The summed E-state index contributed by atoms with van der Waals surface area (Å²) < 4.78 is 0. The third kappa shape index (κ3) is 1.94. The molecule has 2 rings (SSSR count). The van der Waals surface area contributed by atoms with E-state index >= 15 is 0 Å². The number of non-ortho nitro benzene ring substituents is 1. The summed E-state index contributed by atoms with van der Waals surface area (Å²) in [7, 11) is 0. The molecule has 0 spiro atoms. The zero-order chi connectivity index (χ0) is 11.8. The van der Waals surface area contributed by atoms with E-state index in [0.29, 0.717) is 0 Å². The van der Waals surface area contributed by atoms with Crippen molar-refractivity contribution in [3.63, 3.8) is 0 Å². The molecule has 0 aliphatic heterocycles. The van der Waals surface area contributed by atoms with Gasteiger partial charge in [0.15, 0.2) is 0 Å². The van der Waals surface area contributed by atoms with Gasteiger partial charge in [0.05, 0.1) is 4.92 Å². The summed E-state index contributed by atoms with van der Waals surface area (Å²) in [5, 5.41) is 10.8. The maximum absolute atomic E-state index is 10.8. The van der Waals surface area contributed by atoms with E-state index < -0.39 is 0 Å². The van der Waals surface area contributed by atoms with Gasteiger partial charge in [-0.15, -0.1) is 0 Å². The van der Waals surface area contributed by atoms with Crippen molar-refractivity contribution in [2.24, 2.45) is 0 Å². The Morgan fingerprint density at radius 2 is 2.06 bits per heavy atom. The first-order valence-electron chi connectivity index (χ1n) is 5.78. The van der Waals surface area contributed by atoms with E-state index in [1.807, 2.05) is 6.07 Å². The lowest BCUT2D eigenvalue weighted by molar-refractivity contribution is -0.385. The molecule has 0 aromatic heterocycles. The molecule has 0 amide bonds. The minimum atomic E-state index is -0.304. The summed E-state index contributed by atoms with van der Waals surface area (Å²) in [5.41, 5.74) is 2.73. The van der Waals surface area contributed by atoms with Crippen LogP contribution in [0.15, 0.2) is 18.2 Å². The molecule has 1 aliphatic carbocycles. The van der Waals surface area contributed by atoms with E-state index in [-0.39, 0.29) is 16.0 Å². The fourth-order valence-corrected chi connectivity index (χ4v) is 2.54. The average Bonchev–Trinajstić information content (AvgIpc) is 2.37. The van der Waals surface area contributed by atoms with E-state index in [9.17, 15) is 10.1 Å². The first-order chi connectivity index (χ1) is 7.50. The summed E-state index contributed by atoms with van der Waals surface area (Å²) in [6, 6.07) is 5.32. The zero-order valence-corrected chi connectivity index (χ0v) is 9.82. The molecule has 3 nitrogen and oxygen atoms in total. The van der Waals surface area contributed by atoms with Gasteiger partial charge < -0.3 is 0 Å². The molecule has 0 heterocycles. The minimum absolute atomic E-state index is 0.0673. The van der Waals surface area contributed by atoms with Gasteiger partial charge >= 0.3 is 0 Å². The number of hydrogen-bond acceptors (Lipinski definition) is 2. The lowest BCUT2D eigenvalue weighted by atomic mass is 9.80. The number of rotatable bonds is 1. The summed E-state index contributed by atoms with van der Waals surface area (Å²) >= 11 is 0. The smallest absolute Gasteiger partial charge is 0.258 e. The van der Waals surface area contributed by atoms with Gasteiger partial charge in [-0.3, -0.25) is 10.1 Å². The van der Waals surface area contributed by atoms with Crippen molar-refractivity contribution >= 4 is 5.69 Å². The third-order valence-corrected chi connectivity index (χ3v) is 3.53. The molecular weight excluding hydrogens is 202 g/mol. The number of aryl methyl sites for hydroxylation is 1. The van der Waals surface area contributed by atoms with Crippen LogP contribution in [0, 0.1) is 10.1 Å². The van der Waals surface area contributed by atoms with E-state index in [1.165, 1.54) is 24.0 Å². The number of fused-ring (bicyclic) bond motifs is 1. The summed E-state index contributed by atoms with van der Waals surface area (Å²) in [5.74, 6) is 0. The van der Waals surface area contributed by atoms with Crippen LogP contribution in [0.2, 0.25) is 0 Å². The molecule has 0 atom stereocenters. The molecule has 0 fully saturated rings. The van der Waals surface area contributed by atoms with Gasteiger partial charge in [-0.2, -0.15) is 0 Å². The Bertz CT molecular complexity index is 424. The van der Waals surface area contributed by atoms with Crippen molar-refractivity contribution < 1.29 is 4.92 Å². The van der Waals surface area contributed by atoms with E-state index in [4.69, 9.17) is 0 Å². The largest absolute Gasteiger partial charge is 0.269 e. The number of nitro benzene ring substituents is 1. The molecule has 0 radical (unpaired) electrons. The summed E-state index contributed by atoms with van der Waals surface area (Å²) in [6.07, 6.45) is 4.56. The number of nitrogens with zero attached hydrogens (tertiary/aromatic N) is 1. The third-order valence-electron chi connectivity index (χ3n) is 3.53. The van der Waals surface area contributed by atoms with E-state index in [1.54, 1.807) is 12.1 Å². The van der Waals surface area contributed by atoms with E-state index in [0.717, 1.165) is 12.8 Å². The van der Waals surface area contributed by atoms with Crippen molar-refractivity contribution in [1.82, 2.24) is 0 Å². The highest BCUT2D eigenvalue weighted by molar-refractivity contribution is 5.44. The lowest BCUT2D eigenvalue weighted by Gasteiger charge is -2.25. The second-order valence-electron chi connectivity index (χ2n) is 5.19. The molecule has 86 valence electrons. The van der Waals surface area contributed by atoms with Crippen LogP contribution in [-0.4, -0.2) is 4.92 Å². The average molecular weight is 219 g/mol. The Kier molecular flexibility index (Phi) is 2.70. The maximum Gasteiger partial charge on any atom is 0.269 e. The maximum atomic E-state index is 10.8. The van der Waals surface area contributed by atoms with Crippen LogP contribution in [0.3, 0.4) is 0 Å². The zero-order valence-electron chi connectivity index (χ0n) is 9.82. The topological polar surface area (TPSA) is 43.1 Å². The van der Waals surface area contributed by atoms with Gasteiger partial charge in [-0.05, 0) is 35.8 Å². The molecule has 1 aromatic carbocycles. The molecule has 1 aliphatic rings. The number of hydrogen-bond donors (Lipinski definition) is 0. The van der Waals surface area contributed by atoms with Crippen LogP contribution in [0.25, 0.3) is 0 Å². The van der Waals surface area contributed by atoms with Crippen LogP contribution in [0.5, 0.6) is 0 Å². The Hall–Kier alpha value is -1.38. The SMILES string of the molecule is CC1(C)CCCCc2ccc([N+](=O)[O-])cc21. The van der Waals surface area contributed by atoms with Crippen molar-refractivity contribution in [1.29, 1.82) is 0 Å². The Morgan fingerprint density at radius 1 is 1.31 bits per heavy atom. The first-order valence-corrected chi connectivity index (χ1v) is 5.78. The molecule has 1 aromatic rings. The summed E-state index contributed by atoms with van der Waals surface area (Å²) in [4.78, 5) is 10.5. The standard InChI is InChI=1S/C13H17NO2/c1-13(2)8-4-3-5-10-6-7-11(14(15)16)9-12(10)13/h6-7,9H,3-5,8H2,1-2H3. The molecule has 0 saturated carbocycles. The molecule has 0 saturated heterocycles. The van der Waals surface area contributed by atoms with Crippen LogP contribution in [-0.2, 0) is 11.8 Å². The predicted molar refractivity (Wildman–Crippen MR) is 63.7 cm³/mol. The number of benzene rings is 1. The quantitative estimate of drug-likeness (QED) is 0.411. The lowest BCUT2D eigenvalue weighted by Crippen LogP contribution is -2.17.